The summed E-state index contributed by atoms with van der Waals surface area (Å²) in [5, 5.41) is 0. The van der Waals surface area contributed by atoms with E-state index in [9.17, 15) is 9.59 Å². The number of ketones is 1. The van der Waals surface area contributed by atoms with Crippen molar-refractivity contribution in [2.75, 3.05) is 14.2 Å². The second kappa shape index (κ2) is 6.76. The lowest BCUT2D eigenvalue weighted by Gasteiger charge is -2.10. The van der Waals surface area contributed by atoms with Gasteiger partial charge in [0.1, 0.15) is 17.2 Å². The molecule has 0 radical (unpaired) electrons. The van der Waals surface area contributed by atoms with Gasteiger partial charge in [0.15, 0.2) is 5.78 Å². The first-order valence-corrected chi connectivity index (χ1v) is 6.60. The second-order valence-corrected chi connectivity index (χ2v) is 4.51. The van der Waals surface area contributed by atoms with Crippen LogP contribution in [0.4, 0.5) is 0 Å². The van der Waals surface area contributed by atoms with Gasteiger partial charge in [0, 0.05) is 12.5 Å². The summed E-state index contributed by atoms with van der Waals surface area (Å²) in [5.41, 5.74) is 0.865. The minimum Gasteiger partial charge on any atom is -0.497 e. The van der Waals surface area contributed by atoms with Crippen molar-refractivity contribution in [1.82, 2.24) is 0 Å². The number of esters is 1. The summed E-state index contributed by atoms with van der Waals surface area (Å²) < 4.78 is 15.3. The van der Waals surface area contributed by atoms with Crippen molar-refractivity contribution in [2.24, 2.45) is 0 Å². The molecular weight excluding hydrogens is 284 g/mol. The summed E-state index contributed by atoms with van der Waals surface area (Å²) in [6.45, 7) is 1.32. The molecule has 0 heterocycles. The molecule has 0 bridgehead atoms. The molecule has 22 heavy (non-hydrogen) atoms. The highest BCUT2D eigenvalue weighted by Gasteiger charge is 2.16. The maximum absolute atomic E-state index is 12.6. The SMILES string of the molecule is COc1ccc(OC)c(C(=O)c2ccc(OC(C)=O)cc2)c1. The van der Waals surface area contributed by atoms with E-state index in [1.165, 1.54) is 21.1 Å². The molecule has 0 unspecified atom stereocenters. The number of ether oxygens (including phenoxy) is 3. The molecule has 2 rings (SSSR count). The van der Waals surface area contributed by atoms with Crippen LogP contribution in [0.3, 0.4) is 0 Å². The first kappa shape index (κ1) is 15.6. The van der Waals surface area contributed by atoms with Crippen LogP contribution in [0.5, 0.6) is 17.2 Å². The highest BCUT2D eigenvalue weighted by atomic mass is 16.5. The molecule has 0 amide bonds. The van der Waals surface area contributed by atoms with Gasteiger partial charge in [-0.2, -0.15) is 0 Å². The van der Waals surface area contributed by atoms with E-state index < -0.39 is 5.97 Å². The van der Waals surface area contributed by atoms with Crippen molar-refractivity contribution in [2.45, 2.75) is 6.92 Å². The Morgan fingerprint density at radius 3 is 2.05 bits per heavy atom. The van der Waals surface area contributed by atoms with Crippen molar-refractivity contribution in [3.8, 4) is 17.2 Å². The Morgan fingerprint density at radius 2 is 1.50 bits per heavy atom. The molecule has 114 valence electrons. The topological polar surface area (TPSA) is 61.8 Å². The molecule has 0 aliphatic carbocycles. The number of carbonyl (C=O) groups is 2. The number of carbonyl (C=O) groups excluding carboxylic acids is 2. The van der Waals surface area contributed by atoms with E-state index in [1.54, 1.807) is 42.5 Å². The third-order valence-electron chi connectivity index (χ3n) is 3.03. The molecule has 0 saturated heterocycles. The molecule has 0 aliphatic rings. The Balaban J connectivity index is 2.33. The highest BCUT2D eigenvalue weighted by Crippen LogP contribution is 2.27. The van der Waals surface area contributed by atoms with Crippen molar-refractivity contribution in [3.63, 3.8) is 0 Å². The Bertz CT molecular complexity index is 689. The lowest BCUT2D eigenvalue weighted by Crippen LogP contribution is -2.05. The summed E-state index contributed by atoms with van der Waals surface area (Å²) in [5.74, 6) is 0.816. The van der Waals surface area contributed by atoms with E-state index in [0.29, 0.717) is 28.4 Å². The lowest BCUT2D eigenvalue weighted by atomic mass is 10.0. The van der Waals surface area contributed by atoms with E-state index >= 15 is 0 Å². The first-order valence-electron chi connectivity index (χ1n) is 6.60. The van der Waals surface area contributed by atoms with Crippen LogP contribution in [0.2, 0.25) is 0 Å². The molecule has 0 saturated carbocycles. The van der Waals surface area contributed by atoms with Crippen molar-refractivity contribution in [1.29, 1.82) is 0 Å². The van der Waals surface area contributed by atoms with Gasteiger partial charge in [-0.25, -0.2) is 0 Å². The van der Waals surface area contributed by atoms with Crippen LogP contribution in [-0.2, 0) is 4.79 Å². The smallest absolute Gasteiger partial charge is 0.308 e. The molecule has 0 spiro atoms. The molecule has 5 heteroatoms. The Hall–Kier alpha value is -2.82. The molecule has 0 fully saturated rings. The van der Waals surface area contributed by atoms with Gasteiger partial charge in [-0.05, 0) is 42.5 Å². The van der Waals surface area contributed by atoms with E-state index in [-0.39, 0.29) is 5.78 Å². The summed E-state index contributed by atoms with van der Waals surface area (Å²) in [7, 11) is 3.03. The van der Waals surface area contributed by atoms with Gasteiger partial charge < -0.3 is 14.2 Å². The molecule has 0 atom stereocenters. The van der Waals surface area contributed by atoms with Gasteiger partial charge >= 0.3 is 5.97 Å². The molecule has 2 aromatic carbocycles. The normalized spacial score (nSPS) is 9.95. The van der Waals surface area contributed by atoms with Crippen LogP contribution >= 0.6 is 0 Å². The average molecular weight is 300 g/mol. The lowest BCUT2D eigenvalue weighted by molar-refractivity contribution is -0.131. The van der Waals surface area contributed by atoms with E-state index in [2.05, 4.69) is 0 Å². The fourth-order valence-electron chi connectivity index (χ4n) is 1.99. The van der Waals surface area contributed by atoms with Gasteiger partial charge in [-0.15, -0.1) is 0 Å². The predicted octanol–water partition coefficient (Wildman–Crippen LogP) is 2.86. The van der Waals surface area contributed by atoms with Gasteiger partial charge in [0.05, 0.1) is 19.8 Å². The maximum atomic E-state index is 12.6. The molecule has 0 aliphatic heterocycles. The average Bonchev–Trinajstić information content (AvgIpc) is 2.53. The Morgan fingerprint density at radius 1 is 0.864 bits per heavy atom. The zero-order valence-electron chi connectivity index (χ0n) is 12.6. The number of hydrogen-bond acceptors (Lipinski definition) is 5. The van der Waals surface area contributed by atoms with Gasteiger partial charge in [-0.1, -0.05) is 0 Å². The van der Waals surface area contributed by atoms with Crippen LogP contribution in [-0.4, -0.2) is 26.0 Å². The van der Waals surface area contributed by atoms with Crippen molar-refractivity contribution < 1.29 is 23.8 Å². The van der Waals surface area contributed by atoms with E-state index in [4.69, 9.17) is 14.2 Å². The largest absolute Gasteiger partial charge is 0.497 e. The van der Waals surface area contributed by atoms with Crippen LogP contribution < -0.4 is 14.2 Å². The molecule has 0 N–H and O–H groups in total. The third-order valence-corrected chi connectivity index (χ3v) is 3.03. The summed E-state index contributed by atoms with van der Waals surface area (Å²) in [4.78, 5) is 23.5. The fraction of sp³-hybridized carbons (Fsp3) is 0.176. The van der Waals surface area contributed by atoms with Gasteiger partial charge in [-0.3, -0.25) is 9.59 Å². The van der Waals surface area contributed by atoms with Crippen LogP contribution in [0.15, 0.2) is 42.5 Å². The second-order valence-electron chi connectivity index (χ2n) is 4.51. The van der Waals surface area contributed by atoms with Gasteiger partial charge in [0.25, 0.3) is 0 Å². The molecular formula is C17H16O5. The highest BCUT2D eigenvalue weighted by molar-refractivity contribution is 6.11. The number of methoxy groups -OCH3 is 2. The standard InChI is InChI=1S/C17H16O5/c1-11(18)22-13-6-4-12(5-7-13)17(19)15-10-14(20-2)8-9-16(15)21-3/h4-10H,1-3H3. The van der Waals surface area contributed by atoms with Crippen molar-refractivity contribution >= 4 is 11.8 Å². The van der Waals surface area contributed by atoms with Crippen LogP contribution in [0.25, 0.3) is 0 Å². The third kappa shape index (κ3) is 3.44. The molecule has 0 aromatic heterocycles. The molecule has 2 aromatic rings. The summed E-state index contributed by atoms with van der Waals surface area (Å²) in [6, 6.07) is 11.4. The van der Waals surface area contributed by atoms with Gasteiger partial charge in [0.2, 0.25) is 0 Å². The summed E-state index contributed by atoms with van der Waals surface area (Å²) >= 11 is 0. The van der Waals surface area contributed by atoms with Crippen LogP contribution in [0.1, 0.15) is 22.8 Å². The number of rotatable bonds is 5. The molecule has 5 nitrogen and oxygen atoms in total. The van der Waals surface area contributed by atoms with Crippen LogP contribution in [0, 0.1) is 0 Å². The van der Waals surface area contributed by atoms with E-state index in [0.717, 1.165) is 0 Å². The maximum Gasteiger partial charge on any atom is 0.308 e. The fourth-order valence-corrected chi connectivity index (χ4v) is 1.99. The Labute approximate surface area is 128 Å². The minimum absolute atomic E-state index is 0.204. The van der Waals surface area contributed by atoms with Crippen molar-refractivity contribution in [3.05, 3.63) is 53.6 Å². The first-order chi connectivity index (χ1) is 10.5. The van der Waals surface area contributed by atoms with E-state index in [1.807, 2.05) is 0 Å². The predicted molar refractivity (Wildman–Crippen MR) is 80.7 cm³/mol. The zero-order chi connectivity index (χ0) is 16.1. The minimum atomic E-state index is -0.409. The monoisotopic (exact) mass is 300 g/mol. The Kier molecular flexibility index (Phi) is 4.78. The quantitative estimate of drug-likeness (QED) is 0.483. The zero-order valence-corrected chi connectivity index (χ0v) is 12.6. The number of hydrogen-bond donors (Lipinski definition) is 0. The summed E-state index contributed by atoms with van der Waals surface area (Å²) in [6.07, 6.45) is 0. The number of benzene rings is 2.